The van der Waals surface area contributed by atoms with Crippen LogP contribution in [0.3, 0.4) is 0 Å². The van der Waals surface area contributed by atoms with Gasteiger partial charge in [-0.15, -0.1) is 0 Å². The molecule has 1 saturated heterocycles. The van der Waals surface area contributed by atoms with Crippen LogP contribution in [0.5, 0.6) is 5.75 Å². The van der Waals surface area contributed by atoms with Crippen LogP contribution in [0, 0.1) is 0 Å². The number of nitrogens with zero attached hydrogens (tertiary/aromatic N) is 1. The number of ether oxygens (including phenoxy) is 1. The normalized spacial score (nSPS) is 17.0. The molecule has 130 valence electrons. The minimum Gasteiger partial charge on any atom is -0.496 e. The maximum absolute atomic E-state index is 12.4. The summed E-state index contributed by atoms with van der Waals surface area (Å²) in [6.07, 6.45) is 1.37. The van der Waals surface area contributed by atoms with E-state index in [1.165, 1.54) is 12.7 Å². The van der Waals surface area contributed by atoms with Gasteiger partial charge in [0, 0.05) is 24.6 Å². The Morgan fingerprint density at radius 3 is 2.56 bits per heavy atom. The number of carboxylic acids is 1. The largest absolute Gasteiger partial charge is 0.496 e. The average Bonchev–Trinajstić information content (AvgIpc) is 3.02. The van der Waals surface area contributed by atoms with Gasteiger partial charge in [-0.05, 0) is 41.8 Å². The van der Waals surface area contributed by atoms with Gasteiger partial charge < -0.3 is 14.7 Å². The first-order chi connectivity index (χ1) is 12.0. The van der Waals surface area contributed by atoms with E-state index in [1.807, 2.05) is 24.3 Å². The predicted octanol–water partition coefficient (Wildman–Crippen LogP) is 3.48. The number of rotatable bonds is 5. The zero-order chi connectivity index (χ0) is 18.0. The van der Waals surface area contributed by atoms with E-state index in [9.17, 15) is 14.7 Å². The van der Waals surface area contributed by atoms with Crippen molar-refractivity contribution < 1.29 is 19.4 Å². The summed E-state index contributed by atoms with van der Waals surface area (Å²) in [5, 5.41) is 9.19. The quantitative estimate of drug-likeness (QED) is 0.906. The molecule has 1 N–H and O–H groups in total. The maximum Gasteiger partial charge on any atom is 0.339 e. The van der Waals surface area contributed by atoms with Gasteiger partial charge in [-0.1, -0.05) is 25.1 Å². The number of hydrogen-bond acceptors (Lipinski definition) is 3. The Hall–Kier alpha value is -2.82. The molecule has 1 amide bonds. The van der Waals surface area contributed by atoms with Crippen molar-refractivity contribution in [2.75, 3.05) is 18.6 Å². The Morgan fingerprint density at radius 1 is 1.24 bits per heavy atom. The number of benzene rings is 2. The van der Waals surface area contributed by atoms with Gasteiger partial charge in [0.15, 0.2) is 0 Å². The van der Waals surface area contributed by atoms with Crippen LogP contribution >= 0.6 is 0 Å². The second-order valence-electron chi connectivity index (χ2n) is 6.19. The molecule has 5 heteroatoms. The first-order valence-electron chi connectivity index (χ1n) is 8.34. The summed E-state index contributed by atoms with van der Waals surface area (Å²) in [4.78, 5) is 25.4. The van der Waals surface area contributed by atoms with E-state index >= 15 is 0 Å². The smallest absolute Gasteiger partial charge is 0.339 e. The molecule has 0 saturated carbocycles. The number of methoxy groups -OCH3 is 1. The molecule has 1 heterocycles. The van der Waals surface area contributed by atoms with Crippen LogP contribution in [0.2, 0.25) is 0 Å². The number of aryl methyl sites for hydroxylation is 1. The molecule has 0 aromatic heterocycles. The molecule has 0 bridgehead atoms. The summed E-state index contributed by atoms with van der Waals surface area (Å²) >= 11 is 0. The molecular formula is C20H21NO4. The zero-order valence-corrected chi connectivity index (χ0v) is 14.4. The van der Waals surface area contributed by atoms with Crippen molar-refractivity contribution in [3.05, 3.63) is 59.2 Å². The van der Waals surface area contributed by atoms with Crippen molar-refractivity contribution in [3.63, 3.8) is 0 Å². The van der Waals surface area contributed by atoms with Gasteiger partial charge in [-0.3, -0.25) is 4.79 Å². The molecule has 1 atom stereocenters. The number of carboxylic acid groups (broad SMARTS) is 1. The number of aromatic carboxylic acids is 1. The third kappa shape index (κ3) is 3.36. The fourth-order valence-electron chi connectivity index (χ4n) is 3.23. The van der Waals surface area contributed by atoms with E-state index in [-0.39, 0.29) is 17.4 Å². The maximum atomic E-state index is 12.4. The highest BCUT2D eigenvalue weighted by molar-refractivity contribution is 5.96. The molecule has 25 heavy (non-hydrogen) atoms. The van der Waals surface area contributed by atoms with E-state index in [1.54, 1.807) is 23.1 Å². The Kier molecular flexibility index (Phi) is 4.74. The van der Waals surface area contributed by atoms with Gasteiger partial charge in [0.2, 0.25) is 5.91 Å². The monoisotopic (exact) mass is 339 g/mol. The lowest BCUT2D eigenvalue weighted by atomic mass is 9.96. The van der Waals surface area contributed by atoms with Crippen molar-refractivity contribution in [1.29, 1.82) is 0 Å². The molecular weight excluding hydrogens is 318 g/mol. The molecule has 0 aliphatic carbocycles. The second kappa shape index (κ2) is 6.97. The molecule has 3 rings (SSSR count). The van der Waals surface area contributed by atoms with Gasteiger partial charge in [0.1, 0.15) is 11.3 Å². The summed E-state index contributed by atoms with van der Waals surface area (Å²) in [5.41, 5.74) is 3.19. The number of anilines is 1. The molecule has 2 aromatic rings. The fourth-order valence-corrected chi connectivity index (χ4v) is 3.23. The molecule has 1 unspecified atom stereocenters. The second-order valence-corrected chi connectivity index (χ2v) is 6.19. The van der Waals surface area contributed by atoms with Gasteiger partial charge in [0.25, 0.3) is 0 Å². The standard InChI is InChI=1S/C20H21NO4/c1-3-13-4-7-16(8-5-13)21-12-15(11-19(21)22)14-6-9-17(20(23)24)18(10-14)25-2/h4-10,15H,3,11-12H2,1-2H3,(H,23,24). The molecule has 0 spiro atoms. The molecule has 5 nitrogen and oxygen atoms in total. The minimum atomic E-state index is -1.02. The fraction of sp³-hybridized carbons (Fsp3) is 0.300. The minimum absolute atomic E-state index is 0.0232. The van der Waals surface area contributed by atoms with Crippen molar-refractivity contribution in [2.24, 2.45) is 0 Å². The molecule has 1 aliphatic heterocycles. The van der Waals surface area contributed by atoms with Crippen LogP contribution in [0.15, 0.2) is 42.5 Å². The predicted molar refractivity (Wildman–Crippen MR) is 95.5 cm³/mol. The first kappa shape index (κ1) is 17.0. The Labute approximate surface area is 146 Å². The molecule has 2 aromatic carbocycles. The van der Waals surface area contributed by atoms with Crippen LogP contribution in [-0.4, -0.2) is 30.6 Å². The highest BCUT2D eigenvalue weighted by atomic mass is 16.5. The zero-order valence-electron chi connectivity index (χ0n) is 14.4. The van der Waals surface area contributed by atoms with Crippen molar-refractivity contribution >= 4 is 17.6 Å². The molecule has 1 aliphatic rings. The summed E-state index contributed by atoms with van der Waals surface area (Å²) < 4.78 is 5.19. The third-order valence-corrected chi connectivity index (χ3v) is 4.71. The summed E-state index contributed by atoms with van der Waals surface area (Å²) in [6.45, 7) is 2.68. The number of carbonyl (C=O) groups is 2. The third-order valence-electron chi connectivity index (χ3n) is 4.71. The van der Waals surface area contributed by atoms with Crippen molar-refractivity contribution in [1.82, 2.24) is 0 Å². The molecule has 0 radical (unpaired) electrons. The average molecular weight is 339 g/mol. The Balaban J connectivity index is 1.83. The van der Waals surface area contributed by atoms with E-state index in [0.29, 0.717) is 18.7 Å². The summed E-state index contributed by atoms with van der Waals surface area (Å²) in [6, 6.07) is 13.1. The number of amides is 1. The Morgan fingerprint density at radius 2 is 1.96 bits per heavy atom. The Bertz CT molecular complexity index is 798. The lowest BCUT2D eigenvalue weighted by molar-refractivity contribution is -0.117. The van der Waals surface area contributed by atoms with Crippen LogP contribution in [0.25, 0.3) is 0 Å². The highest BCUT2D eigenvalue weighted by Crippen LogP contribution is 2.34. The van der Waals surface area contributed by atoms with E-state index in [2.05, 4.69) is 6.92 Å². The van der Waals surface area contributed by atoms with E-state index in [0.717, 1.165) is 17.7 Å². The van der Waals surface area contributed by atoms with Crippen LogP contribution < -0.4 is 9.64 Å². The van der Waals surface area contributed by atoms with Crippen molar-refractivity contribution in [2.45, 2.75) is 25.7 Å². The van der Waals surface area contributed by atoms with Crippen molar-refractivity contribution in [3.8, 4) is 5.75 Å². The number of carbonyl (C=O) groups excluding carboxylic acids is 1. The summed E-state index contributed by atoms with van der Waals surface area (Å²) in [5.74, 6) is -0.600. The number of hydrogen-bond donors (Lipinski definition) is 1. The topological polar surface area (TPSA) is 66.8 Å². The first-order valence-corrected chi connectivity index (χ1v) is 8.34. The van der Waals surface area contributed by atoms with Crippen LogP contribution in [0.4, 0.5) is 5.69 Å². The van der Waals surface area contributed by atoms with Gasteiger partial charge in [-0.25, -0.2) is 4.79 Å². The lowest BCUT2D eigenvalue weighted by Crippen LogP contribution is -2.24. The van der Waals surface area contributed by atoms with E-state index < -0.39 is 5.97 Å². The van der Waals surface area contributed by atoms with Crippen LogP contribution in [-0.2, 0) is 11.2 Å². The van der Waals surface area contributed by atoms with Crippen LogP contribution in [0.1, 0.15) is 40.7 Å². The van der Waals surface area contributed by atoms with Gasteiger partial charge in [-0.2, -0.15) is 0 Å². The van der Waals surface area contributed by atoms with E-state index in [4.69, 9.17) is 4.74 Å². The lowest BCUT2D eigenvalue weighted by Gasteiger charge is -2.18. The SMILES string of the molecule is CCc1ccc(N2CC(c3ccc(C(=O)O)c(OC)c3)CC2=O)cc1. The molecule has 1 fully saturated rings. The summed E-state index contributed by atoms with van der Waals surface area (Å²) in [7, 11) is 1.45. The van der Waals surface area contributed by atoms with Gasteiger partial charge >= 0.3 is 5.97 Å². The highest BCUT2D eigenvalue weighted by Gasteiger charge is 2.32. The van der Waals surface area contributed by atoms with Gasteiger partial charge in [0.05, 0.1) is 7.11 Å².